The molecule has 0 saturated heterocycles. The van der Waals surface area contributed by atoms with Crippen molar-refractivity contribution in [1.82, 2.24) is 4.90 Å². The first kappa shape index (κ1) is 13.7. The van der Waals surface area contributed by atoms with E-state index in [4.69, 9.17) is 5.73 Å². The van der Waals surface area contributed by atoms with Crippen LogP contribution in [0.1, 0.15) is 25.7 Å². The molecule has 1 aliphatic carbocycles. The smallest absolute Gasteiger partial charge is 0.0575 e. The molecule has 0 aliphatic heterocycles. The lowest BCUT2D eigenvalue weighted by molar-refractivity contribution is 0.172. The molecule has 0 amide bonds. The summed E-state index contributed by atoms with van der Waals surface area (Å²) >= 11 is 3.43. The van der Waals surface area contributed by atoms with Gasteiger partial charge in [-0.25, -0.2) is 0 Å². The summed E-state index contributed by atoms with van der Waals surface area (Å²) in [6, 6.07) is 6.01. The van der Waals surface area contributed by atoms with Crippen LogP contribution in [0.5, 0.6) is 0 Å². The highest BCUT2D eigenvalue weighted by atomic mass is 79.9. The lowest BCUT2D eigenvalue weighted by Gasteiger charge is -2.37. The summed E-state index contributed by atoms with van der Waals surface area (Å²) in [5, 5.41) is 3.52. The zero-order valence-corrected chi connectivity index (χ0v) is 12.8. The van der Waals surface area contributed by atoms with Gasteiger partial charge < -0.3 is 16.0 Å². The summed E-state index contributed by atoms with van der Waals surface area (Å²) in [5.74, 6) is 0. The normalized spacial score (nSPS) is 18.2. The Morgan fingerprint density at radius 2 is 2.00 bits per heavy atom. The van der Waals surface area contributed by atoms with Crippen molar-refractivity contribution >= 4 is 27.3 Å². The summed E-state index contributed by atoms with van der Waals surface area (Å²) in [7, 11) is 4.36. The topological polar surface area (TPSA) is 41.3 Å². The molecule has 0 atom stereocenters. The van der Waals surface area contributed by atoms with Crippen molar-refractivity contribution in [3.05, 3.63) is 22.7 Å². The monoisotopic (exact) mass is 311 g/mol. The molecule has 1 aromatic rings. The number of benzene rings is 1. The number of nitrogen functional groups attached to an aromatic ring is 1. The van der Waals surface area contributed by atoms with E-state index >= 15 is 0 Å². The predicted molar refractivity (Wildman–Crippen MR) is 81.9 cm³/mol. The molecule has 1 aromatic carbocycles. The molecule has 0 heterocycles. The second-order valence-corrected chi connectivity index (χ2v) is 6.33. The first-order valence-corrected chi connectivity index (χ1v) is 7.29. The first-order chi connectivity index (χ1) is 8.53. The van der Waals surface area contributed by atoms with Crippen molar-refractivity contribution in [2.24, 2.45) is 0 Å². The van der Waals surface area contributed by atoms with Crippen LogP contribution in [0, 0.1) is 0 Å². The van der Waals surface area contributed by atoms with Crippen molar-refractivity contribution in [3.63, 3.8) is 0 Å². The third-order valence-electron chi connectivity index (χ3n) is 4.10. The van der Waals surface area contributed by atoms with Crippen LogP contribution in [0.2, 0.25) is 0 Å². The van der Waals surface area contributed by atoms with Gasteiger partial charge in [-0.05, 0) is 45.1 Å². The standard InChI is InChI=1S/C14H22BrN3/c1-18(2)14(7-3-4-8-14)10-17-13-6-5-11(15)9-12(13)16/h5-6,9,17H,3-4,7-8,10,16H2,1-2H3. The number of nitrogens with zero attached hydrogens (tertiary/aromatic N) is 1. The lowest BCUT2D eigenvalue weighted by Crippen LogP contribution is -2.47. The summed E-state index contributed by atoms with van der Waals surface area (Å²) in [6.45, 7) is 0.964. The highest BCUT2D eigenvalue weighted by Gasteiger charge is 2.35. The maximum absolute atomic E-state index is 6.02. The maximum Gasteiger partial charge on any atom is 0.0575 e. The SMILES string of the molecule is CN(C)C1(CNc2ccc(Br)cc2N)CCCC1. The van der Waals surface area contributed by atoms with E-state index in [-0.39, 0.29) is 0 Å². The average Bonchev–Trinajstić information content (AvgIpc) is 2.78. The van der Waals surface area contributed by atoms with Gasteiger partial charge in [0.25, 0.3) is 0 Å². The van der Waals surface area contributed by atoms with Crippen molar-refractivity contribution in [3.8, 4) is 0 Å². The second-order valence-electron chi connectivity index (χ2n) is 5.41. The van der Waals surface area contributed by atoms with E-state index < -0.39 is 0 Å². The van der Waals surface area contributed by atoms with Crippen LogP contribution < -0.4 is 11.1 Å². The van der Waals surface area contributed by atoms with Crippen molar-refractivity contribution < 1.29 is 0 Å². The minimum Gasteiger partial charge on any atom is -0.397 e. The molecule has 0 unspecified atom stereocenters. The molecule has 1 aliphatic rings. The quantitative estimate of drug-likeness (QED) is 0.838. The zero-order chi connectivity index (χ0) is 13.2. The predicted octanol–water partition coefficient (Wildman–Crippen LogP) is 3.32. The molecular weight excluding hydrogens is 290 g/mol. The number of anilines is 2. The Kier molecular flexibility index (Phi) is 4.17. The molecule has 100 valence electrons. The molecule has 2 rings (SSSR count). The third-order valence-corrected chi connectivity index (χ3v) is 4.60. The summed E-state index contributed by atoms with van der Waals surface area (Å²) in [4.78, 5) is 2.36. The van der Waals surface area contributed by atoms with Gasteiger partial charge in [-0.2, -0.15) is 0 Å². The number of rotatable bonds is 4. The summed E-state index contributed by atoms with van der Waals surface area (Å²) < 4.78 is 1.02. The molecule has 18 heavy (non-hydrogen) atoms. The maximum atomic E-state index is 6.02. The van der Waals surface area contributed by atoms with Crippen LogP contribution in [0.3, 0.4) is 0 Å². The number of hydrogen-bond acceptors (Lipinski definition) is 3. The molecule has 0 bridgehead atoms. The molecule has 0 aromatic heterocycles. The van der Waals surface area contributed by atoms with Gasteiger partial charge in [-0.3, -0.25) is 0 Å². The van der Waals surface area contributed by atoms with Crippen molar-refractivity contribution in [2.45, 2.75) is 31.2 Å². The average molecular weight is 312 g/mol. The van der Waals surface area contributed by atoms with Gasteiger partial charge >= 0.3 is 0 Å². The van der Waals surface area contributed by atoms with E-state index in [1.165, 1.54) is 25.7 Å². The number of nitrogens with two attached hydrogens (primary N) is 1. The molecular formula is C14H22BrN3. The largest absolute Gasteiger partial charge is 0.397 e. The third kappa shape index (κ3) is 2.81. The number of halogens is 1. The molecule has 0 spiro atoms. The van der Waals surface area contributed by atoms with Crippen LogP contribution >= 0.6 is 15.9 Å². The van der Waals surface area contributed by atoms with Gasteiger partial charge in [-0.15, -0.1) is 0 Å². The van der Waals surface area contributed by atoms with Crippen molar-refractivity contribution in [1.29, 1.82) is 0 Å². The van der Waals surface area contributed by atoms with E-state index in [0.29, 0.717) is 5.54 Å². The zero-order valence-electron chi connectivity index (χ0n) is 11.2. The van der Waals surface area contributed by atoms with Crippen LogP contribution in [0.4, 0.5) is 11.4 Å². The Morgan fingerprint density at radius 3 is 2.56 bits per heavy atom. The molecule has 3 N–H and O–H groups in total. The molecule has 1 saturated carbocycles. The van der Waals surface area contributed by atoms with Crippen molar-refractivity contribution in [2.75, 3.05) is 31.7 Å². The van der Waals surface area contributed by atoms with Gasteiger partial charge in [0, 0.05) is 16.6 Å². The summed E-state index contributed by atoms with van der Waals surface area (Å²) in [5.41, 5.74) is 8.15. The van der Waals surface area contributed by atoms with E-state index in [1.807, 2.05) is 18.2 Å². The number of hydrogen-bond donors (Lipinski definition) is 2. The highest BCUT2D eigenvalue weighted by Crippen LogP contribution is 2.34. The Morgan fingerprint density at radius 1 is 1.33 bits per heavy atom. The lowest BCUT2D eigenvalue weighted by atomic mass is 9.96. The van der Waals surface area contributed by atoms with Gasteiger partial charge in [0.2, 0.25) is 0 Å². The van der Waals surface area contributed by atoms with Gasteiger partial charge in [0.1, 0.15) is 0 Å². The van der Waals surface area contributed by atoms with Crippen LogP contribution in [0.25, 0.3) is 0 Å². The summed E-state index contributed by atoms with van der Waals surface area (Å²) in [6.07, 6.45) is 5.19. The minimum absolute atomic E-state index is 0.291. The minimum atomic E-state index is 0.291. The molecule has 4 heteroatoms. The van der Waals surface area contributed by atoms with Crippen LogP contribution in [-0.4, -0.2) is 31.1 Å². The second kappa shape index (κ2) is 5.49. The number of likely N-dealkylation sites (N-methyl/N-ethyl adjacent to an activating group) is 1. The Hall–Kier alpha value is -0.740. The van der Waals surface area contributed by atoms with E-state index in [0.717, 1.165) is 22.4 Å². The highest BCUT2D eigenvalue weighted by molar-refractivity contribution is 9.10. The Balaban J connectivity index is 2.06. The van der Waals surface area contributed by atoms with E-state index in [1.54, 1.807) is 0 Å². The first-order valence-electron chi connectivity index (χ1n) is 6.50. The van der Waals surface area contributed by atoms with E-state index in [9.17, 15) is 0 Å². The molecule has 1 fully saturated rings. The molecule has 3 nitrogen and oxygen atoms in total. The van der Waals surface area contributed by atoms with Gasteiger partial charge in [-0.1, -0.05) is 28.8 Å². The fourth-order valence-corrected chi connectivity index (χ4v) is 3.15. The van der Waals surface area contributed by atoms with Crippen LogP contribution in [-0.2, 0) is 0 Å². The van der Waals surface area contributed by atoms with Crippen LogP contribution in [0.15, 0.2) is 22.7 Å². The number of nitrogens with one attached hydrogen (secondary N) is 1. The van der Waals surface area contributed by atoms with E-state index in [2.05, 4.69) is 40.2 Å². The Labute approximate surface area is 118 Å². The fourth-order valence-electron chi connectivity index (χ4n) is 2.77. The molecule has 0 radical (unpaired) electrons. The van der Waals surface area contributed by atoms with Gasteiger partial charge in [0.05, 0.1) is 11.4 Å². The fraction of sp³-hybridized carbons (Fsp3) is 0.571. The Bertz CT molecular complexity index is 412. The van der Waals surface area contributed by atoms with Gasteiger partial charge in [0.15, 0.2) is 0 Å².